The normalized spacial score (nSPS) is 13.8. The highest BCUT2D eigenvalue weighted by Crippen LogP contribution is 2.26. The van der Waals surface area contributed by atoms with Gasteiger partial charge in [-0.15, -0.1) is 11.3 Å². The lowest BCUT2D eigenvalue weighted by atomic mass is 10.1. The molecule has 1 rings (SSSR count). The first kappa shape index (κ1) is 28.2. The smallest absolute Gasteiger partial charge is 0.322 e. The average Bonchev–Trinajstić information content (AvgIpc) is 3.11. The minimum absolute atomic E-state index is 0.0931. The number of carboxylic acid groups (broad SMARTS) is 1. The second-order valence-electron chi connectivity index (χ2n) is 7.57. The largest absolute Gasteiger partial charge is 0.480 e. The van der Waals surface area contributed by atoms with Crippen molar-refractivity contribution in [1.29, 1.82) is 0 Å². The quantitative estimate of drug-likeness (QED) is 0.207. The number of thioether (sulfide) groups is 1. The molecule has 0 aliphatic heterocycles. The Morgan fingerprint density at radius 2 is 1.74 bits per heavy atom. The van der Waals surface area contributed by atoms with Gasteiger partial charge in [0.05, 0.1) is 3.79 Å². The molecule has 174 valence electrons. The number of halogens is 1. The maximum Gasteiger partial charge on any atom is 0.322 e. The third-order valence-corrected chi connectivity index (χ3v) is 8.92. The van der Waals surface area contributed by atoms with Gasteiger partial charge >= 0.3 is 5.97 Å². The second-order valence-corrected chi connectivity index (χ2v) is 13.0. The van der Waals surface area contributed by atoms with Gasteiger partial charge in [0, 0.05) is 11.5 Å². The summed E-state index contributed by atoms with van der Waals surface area (Å²) >= 11 is 5.67. The van der Waals surface area contributed by atoms with Crippen molar-refractivity contribution < 1.29 is 18.3 Å². The summed E-state index contributed by atoms with van der Waals surface area (Å²) in [5.74, 6) is -0.375. The van der Waals surface area contributed by atoms with Crippen molar-refractivity contribution >= 4 is 55.0 Å². The molecule has 2 N–H and O–H groups in total. The van der Waals surface area contributed by atoms with Crippen LogP contribution in [0.25, 0.3) is 0 Å². The monoisotopic (exact) mass is 549 g/mol. The third kappa shape index (κ3) is 12.1. The Hall–Kier alpha value is -0.870. The van der Waals surface area contributed by atoms with E-state index >= 15 is 0 Å². The van der Waals surface area contributed by atoms with Crippen LogP contribution in [0.5, 0.6) is 0 Å². The van der Waals surface area contributed by atoms with Crippen LogP contribution in [0.1, 0.15) is 53.4 Å². The van der Waals surface area contributed by atoms with Gasteiger partial charge in [-0.25, -0.2) is 8.42 Å². The summed E-state index contributed by atoms with van der Waals surface area (Å²) in [5, 5.41) is 9.39. The molecule has 9 heteroatoms. The average molecular weight is 551 g/mol. The maximum atomic E-state index is 12.4. The molecule has 0 bridgehead atoms. The first-order valence-electron chi connectivity index (χ1n) is 10.0. The Morgan fingerprint density at radius 3 is 2.29 bits per heavy atom. The lowest BCUT2D eigenvalue weighted by Crippen LogP contribution is -2.42. The molecule has 1 aromatic rings. The second kappa shape index (κ2) is 14.3. The van der Waals surface area contributed by atoms with Gasteiger partial charge in [-0.1, -0.05) is 34.9 Å². The molecule has 0 saturated carbocycles. The summed E-state index contributed by atoms with van der Waals surface area (Å²) in [6.45, 7) is 8.46. The molecule has 0 radical (unpaired) electrons. The number of carbonyl (C=O) groups is 1. The van der Waals surface area contributed by atoms with Crippen molar-refractivity contribution in [1.82, 2.24) is 4.72 Å². The van der Waals surface area contributed by atoms with Crippen LogP contribution in [0, 0.1) is 0 Å². The molecule has 0 unspecified atom stereocenters. The van der Waals surface area contributed by atoms with Crippen molar-refractivity contribution in [2.24, 2.45) is 0 Å². The fourth-order valence-corrected chi connectivity index (χ4v) is 6.89. The Morgan fingerprint density at radius 1 is 1.13 bits per heavy atom. The van der Waals surface area contributed by atoms with Crippen molar-refractivity contribution in [2.75, 3.05) is 11.5 Å². The van der Waals surface area contributed by atoms with E-state index in [0.717, 1.165) is 37.0 Å². The summed E-state index contributed by atoms with van der Waals surface area (Å²) in [6, 6.07) is 1.90. The zero-order valence-electron chi connectivity index (χ0n) is 18.5. The molecule has 0 spiro atoms. The summed E-state index contributed by atoms with van der Waals surface area (Å²) in [4.78, 5) is 11.5. The number of rotatable bonds is 14. The number of allylic oxidation sites excluding steroid dienone is 5. The number of aliphatic carboxylic acids is 1. The summed E-state index contributed by atoms with van der Waals surface area (Å²) in [7, 11) is -3.85. The highest BCUT2D eigenvalue weighted by atomic mass is 79.9. The van der Waals surface area contributed by atoms with E-state index in [0.29, 0.717) is 9.54 Å². The standard InChI is InChI=1S/C22H32BrNO4S3/c1-16(2)7-5-8-17(3)9-6-10-18(4)13-14-29-15-19(22(25)26)24-31(27,28)21-12-11-20(23)30-21/h7,9,11-13,19,24H,5-6,8,10,14-15H2,1-4H3,(H,25,26)/b17-9+,18-13+/t19-/m0/s1. The molecule has 0 saturated heterocycles. The van der Waals surface area contributed by atoms with Crippen LogP contribution in [0.15, 0.2) is 55.1 Å². The number of hydrogen-bond acceptors (Lipinski definition) is 5. The fraction of sp³-hybridized carbons (Fsp3) is 0.500. The van der Waals surface area contributed by atoms with Crippen molar-refractivity contribution in [3.63, 3.8) is 0 Å². The van der Waals surface area contributed by atoms with Gasteiger partial charge in [0.25, 0.3) is 10.0 Å². The van der Waals surface area contributed by atoms with E-state index in [9.17, 15) is 18.3 Å². The molecule has 0 aromatic carbocycles. The summed E-state index contributed by atoms with van der Waals surface area (Å²) in [5.41, 5.74) is 3.99. The number of hydrogen-bond donors (Lipinski definition) is 2. The molecule has 0 aliphatic rings. The molecule has 5 nitrogen and oxygen atoms in total. The van der Waals surface area contributed by atoms with Gasteiger partial charge < -0.3 is 5.11 Å². The summed E-state index contributed by atoms with van der Waals surface area (Å²) < 4.78 is 27.8. The molecule has 0 fully saturated rings. The first-order chi connectivity index (χ1) is 14.5. The lowest BCUT2D eigenvalue weighted by Gasteiger charge is -2.13. The van der Waals surface area contributed by atoms with Crippen molar-refractivity contribution in [3.05, 3.63) is 50.9 Å². The van der Waals surface area contributed by atoms with Gasteiger partial charge in [-0.05, 0) is 81.4 Å². The van der Waals surface area contributed by atoms with Crippen LogP contribution < -0.4 is 4.72 Å². The minimum Gasteiger partial charge on any atom is -0.480 e. The molecule has 0 aliphatic carbocycles. The molecular weight excluding hydrogens is 518 g/mol. The van der Waals surface area contributed by atoms with E-state index in [1.807, 2.05) is 0 Å². The molecule has 31 heavy (non-hydrogen) atoms. The Labute approximate surface area is 203 Å². The lowest BCUT2D eigenvalue weighted by molar-refractivity contribution is -0.138. The van der Waals surface area contributed by atoms with Gasteiger partial charge in [-0.3, -0.25) is 4.79 Å². The fourth-order valence-electron chi connectivity index (χ4n) is 2.57. The SMILES string of the molecule is CC(C)=CCC/C(C)=C/CC/C(C)=C/CSC[C@H](NS(=O)(=O)c1ccc(Br)s1)C(=O)O. The Kier molecular flexibility index (Phi) is 13.0. The topological polar surface area (TPSA) is 83.5 Å². The van der Waals surface area contributed by atoms with Gasteiger partial charge in [-0.2, -0.15) is 16.5 Å². The highest BCUT2D eigenvalue weighted by molar-refractivity contribution is 9.11. The minimum atomic E-state index is -3.85. The van der Waals surface area contributed by atoms with Crippen LogP contribution in [-0.4, -0.2) is 37.0 Å². The van der Waals surface area contributed by atoms with Crippen LogP contribution >= 0.6 is 39.0 Å². The number of thiophene rings is 1. The van der Waals surface area contributed by atoms with Crippen LogP contribution in [0.4, 0.5) is 0 Å². The number of sulfonamides is 1. The summed E-state index contributed by atoms with van der Waals surface area (Å²) in [6.07, 6.45) is 10.7. The van der Waals surface area contributed by atoms with Gasteiger partial charge in [0.2, 0.25) is 0 Å². The Bertz CT molecular complexity index is 913. The first-order valence-corrected chi connectivity index (χ1v) is 14.3. The number of nitrogens with one attached hydrogen (secondary N) is 1. The van der Waals surface area contributed by atoms with Crippen molar-refractivity contribution in [3.8, 4) is 0 Å². The van der Waals surface area contributed by atoms with Crippen LogP contribution in [0.3, 0.4) is 0 Å². The van der Waals surface area contributed by atoms with Crippen molar-refractivity contribution in [2.45, 2.75) is 63.6 Å². The van der Waals surface area contributed by atoms with E-state index in [1.54, 1.807) is 6.07 Å². The Balaban J connectivity index is 2.44. The van der Waals surface area contributed by atoms with Gasteiger partial charge in [0.15, 0.2) is 0 Å². The van der Waals surface area contributed by atoms with Gasteiger partial charge in [0.1, 0.15) is 10.3 Å². The van der Waals surface area contributed by atoms with Crippen LogP contribution in [0.2, 0.25) is 0 Å². The molecule has 1 atom stereocenters. The zero-order valence-corrected chi connectivity index (χ0v) is 22.5. The predicted molar refractivity (Wildman–Crippen MR) is 137 cm³/mol. The number of carboxylic acids is 1. The van der Waals surface area contributed by atoms with E-state index in [1.165, 1.54) is 34.5 Å². The zero-order chi connectivity index (χ0) is 23.4. The predicted octanol–water partition coefficient (Wildman–Crippen LogP) is 6.39. The molecule has 1 heterocycles. The maximum absolute atomic E-state index is 12.4. The third-order valence-electron chi connectivity index (χ3n) is 4.37. The molecule has 1 aromatic heterocycles. The van der Waals surface area contributed by atoms with Crippen LogP contribution in [-0.2, 0) is 14.8 Å². The molecule has 0 amide bonds. The highest BCUT2D eigenvalue weighted by Gasteiger charge is 2.26. The van der Waals surface area contributed by atoms with E-state index in [2.05, 4.69) is 66.6 Å². The van der Waals surface area contributed by atoms with E-state index in [4.69, 9.17) is 0 Å². The molecular formula is C22H32BrNO4S3. The van der Waals surface area contributed by atoms with E-state index < -0.39 is 22.0 Å². The van der Waals surface area contributed by atoms with E-state index in [-0.39, 0.29) is 9.96 Å².